The molecule has 1 rings (SSSR count). The molecule has 0 saturated carbocycles. The Labute approximate surface area is 119 Å². The standard InChI is InChI=1S/C13H25N3O2S/c1-10-8-16(5-6-19-9-10)12(18)14-7-11(17)15-13(2,3)4/h10H,5-9H2,1-4H3,(H,14,18)(H,15,17)/t10-/m0/s1. The normalized spacial score (nSPS) is 20.6. The van der Waals surface area contributed by atoms with Crippen LogP contribution >= 0.6 is 11.8 Å². The maximum absolute atomic E-state index is 12.0. The fraction of sp³-hybridized carbons (Fsp3) is 0.846. The topological polar surface area (TPSA) is 61.4 Å². The van der Waals surface area contributed by atoms with Crippen LogP contribution in [0.4, 0.5) is 4.79 Å². The molecule has 1 aliphatic heterocycles. The van der Waals surface area contributed by atoms with Crippen LogP contribution in [0.1, 0.15) is 27.7 Å². The maximum atomic E-state index is 12.0. The second-order valence-electron chi connectivity index (χ2n) is 6.08. The first-order valence-corrected chi connectivity index (χ1v) is 7.85. The van der Waals surface area contributed by atoms with Gasteiger partial charge in [-0.1, -0.05) is 6.92 Å². The Morgan fingerprint density at radius 2 is 2.05 bits per heavy atom. The van der Waals surface area contributed by atoms with Crippen molar-refractivity contribution >= 4 is 23.7 Å². The number of carbonyl (C=O) groups is 2. The number of rotatable bonds is 2. The van der Waals surface area contributed by atoms with Crippen LogP contribution in [0.25, 0.3) is 0 Å². The SMILES string of the molecule is C[C@@H]1CSCCN(C(=O)NCC(=O)NC(C)(C)C)C1. The van der Waals surface area contributed by atoms with Crippen molar-refractivity contribution in [2.45, 2.75) is 33.2 Å². The maximum Gasteiger partial charge on any atom is 0.317 e. The largest absolute Gasteiger partial charge is 0.350 e. The van der Waals surface area contributed by atoms with E-state index in [0.29, 0.717) is 5.92 Å². The summed E-state index contributed by atoms with van der Waals surface area (Å²) in [6.07, 6.45) is 0. The van der Waals surface area contributed by atoms with E-state index in [1.54, 1.807) is 4.90 Å². The fourth-order valence-electron chi connectivity index (χ4n) is 1.89. The molecule has 1 atom stereocenters. The number of amides is 3. The molecule has 0 unspecified atom stereocenters. The number of nitrogens with zero attached hydrogens (tertiary/aromatic N) is 1. The van der Waals surface area contributed by atoms with E-state index in [9.17, 15) is 9.59 Å². The molecule has 0 radical (unpaired) electrons. The van der Waals surface area contributed by atoms with Crippen LogP contribution in [0, 0.1) is 5.92 Å². The number of nitrogens with one attached hydrogen (secondary N) is 2. The molecule has 0 aromatic rings. The lowest BCUT2D eigenvalue weighted by atomic mass is 10.1. The predicted octanol–water partition coefficient (Wildman–Crippen LogP) is 1.30. The van der Waals surface area contributed by atoms with Crippen molar-refractivity contribution in [3.05, 3.63) is 0 Å². The monoisotopic (exact) mass is 287 g/mol. The molecule has 0 bridgehead atoms. The van der Waals surface area contributed by atoms with E-state index in [1.165, 1.54) is 0 Å². The van der Waals surface area contributed by atoms with Gasteiger partial charge < -0.3 is 15.5 Å². The van der Waals surface area contributed by atoms with Crippen LogP contribution in [-0.4, -0.2) is 53.5 Å². The Morgan fingerprint density at radius 3 is 2.68 bits per heavy atom. The summed E-state index contributed by atoms with van der Waals surface area (Å²) in [6.45, 7) is 9.45. The summed E-state index contributed by atoms with van der Waals surface area (Å²) in [5.74, 6) is 2.40. The predicted molar refractivity (Wildman–Crippen MR) is 79.4 cm³/mol. The van der Waals surface area contributed by atoms with E-state index in [0.717, 1.165) is 24.6 Å². The number of carbonyl (C=O) groups excluding carboxylic acids is 2. The van der Waals surface area contributed by atoms with Crippen molar-refractivity contribution in [2.24, 2.45) is 5.92 Å². The second-order valence-corrected chi connectivity index (χ2v) is 7.23. The van der Waals surface area contributed by atoms with Gasteiger partial charge in [0.15, 0.2) is 0 Å². The van der Waals surface area contributed by atoms with Gasteiger partial charge in [-0.2, -0.15) is 11.8 Å². The van der Waals surface area contributed by atoms with E-state index in [1.807, 2.05) is 32.5 Å². The molecule has 6 heteroatoms. The quantitative estimate of drug-likeness (QED) is 0.804. The summed E-state index contributed by atoms with van der Waals surface area (Å²) in [5, 5.41) is 5.51. The van der Waals surface area contributed by atoms with Gasteiger partial charge >= 0.3 is 6.03 Å². The van der Waals surface area contributed by atoms with Crippen molar-refractivity contribution in [2.75, 3.05) is 31.1 Å². The molecule has 5 nitrogen and oxygen atoms in total. The third-order valence-corrected chi connectivity index (χ3v) is 3.92. The highest BCUT2D eigenvalue weighted by atomic mass is 32.2. The van der Waals surface area contributed by atoms with Crippen molar-refractivity contribution in [3.63, 3.8) is 0 Å². The number of thioether (sulfide) groups is 1. The molecule has 0 aliphatic carbocycles. The molecular formula is C13H25N3O2S. The van der Waals surface area contributed by atoms with Gasteiger partial charge in [-0.05, 0) is 32.4 Å². The van der Waals surface area contributed by atoms with Gasteiger partial charge in [0.05, 0.1) is 6.54 Å². The summed E-state index contributed by atoms with van der Waals surface area (Å²) >= 11 is 1.88. The first kappa shape index (κ1) is 16.1. The molecule has 1 saturated heterocycles. The van der Waals surface area contributed by atoms with Gasteiger partial charge in [0.2, 0.25) is 5.91 Å². The van der Waals surface area contributed by atoms with Crippen molar-refractivity contribution in [1.29, 1.82) is 0 Å². The van der Waals surface area contributed by atoms with Crippen molar-refractivity contribution in [1.82, 2.24) is 15.5 Å². The van der Waals surface area contributed by atoms with E-state index < -0.39 is 0 Å². The summed E-state index contributed by atoms with van der Waals surface area (Å²) in [5.41, 5.74) is -0.268. The van der Waals surface area contributed by atoms with Crippen LogP contribution in [0.15, 0.2) is 0 Å². The molecule has 1 aliphatic rings. The molecule has 1 heterocycles. The van der Waals surface area contributed by atoms with Gasteiger partial charge in [-0.3, -0.25) is 4.79 Å². The average molecular weight is 287 g/mol. The van der Waals surface area contributed by atoms with Gasteiger partial charge in [0.1, 0.15) is 0 Å². The van der Waals surface area contributed by atoms with Gasteiger partial charge in [0, 0.05) is 24.4 Å². The molecule has 0 spiro atoms. The zero-order valence-electron chi connectivity index (χ0n) is 12.3. The lowest BCUT2D eigenvalue weighted by molar-refractivity contribution is -0.121. The van der Waals surface area contributed by atoms with Crippen LogP contribution in [0.5, 0.6) is 0 Å². The number of hydrogen-bond acceptors (Lipinski definition) is 3. The van der Waals surface area contributed by atoms with Gasteiger partial charge in [-0.15, -0.1) is 0 Å². The third-order valence-electron chi connectivity index (χ3n) is 2.64. The summed E-state index contributed by atoms with van der Waals surface area (Å²) in [4.78, 5) is 25.4. The van der Waals surface area contributed by atoms with Crippen LogP contribution in [-0.2, 0) is 4.79 Å². The molecule has 2 N–H and O–H groups in total. The van der Waals surface area contributed by atoms with E-state index in [2.05, 4.69) is 17.6 Å². The molecular weight excluding hydrogens is 262 g/mol. The number of urea groups is 1. The lowest BCUT2D eigenvalue weighted by Crippen LogP contribution is -2.49. The van der Waals surface area contributed by atoms with Gasteiger partial charge in [-0.25, -0.2) is 4.79 Å². The minimum absolute atomic E-state index is 0.0358. The van der Waals surface area contributed by atoms with Crippen LogP contribution in [0.3, 0.4) is 0 Å². The first-order valence-electron chi connectivity index (χ1n) is 6.69. The molecule has 110 valence electrons. The van der Waals surface area contributed by atoms with Gasteiger partial charge in [0.25, 0.3) is 0 Å². The van der Waals surface area contributed by atoms with Crippen LogP contribution < -0.4 is 10.6 Å². The Balaban J connectivity index is 2.36. The summed E-state index contributed by atoms with van der Waals surface area (Å²) < 4.78 is 0. The van der Waals surface area contributed by atoms with Crippen molar-refractivity contribution < 1.29 is 9.59 Å². The van der Waals surface area contributed by atoms with Crippen LogP contribution in [0.2, 0.25) is 0 Å². The zero-order valence-corrected chi connectivity index (χ0v) is 13.1. The minimum atomic E-state index is -0.268. The smallest absolute Gasteiger partial charge is 0.317 e. The fourth-order valence-corrected chi connectivity index (χ4v) is 2.92. The first-order chi connectivity index (χ1) is 8.78. The second kappa shape index (κ2) is 7.03. The number of hydrogen-bond donors (Lipinski definition) is 2. The summed E-state index contributed by atoms with van der Waals surface area (Å²) in [7, 11) is 0. The molecule has 0 aromatic carbocycles. The van der Waals surface area contributed by atoms with E-state index in [-0.39, 0.29) is 24.0 Å². The summed E-state index contributed by atoms with van der Waals surface area (Å²) in [6, 6.07) is -0.140. The molecule has 1 fully saturated rings. The average Bonchev–Trinajstić information content (AvgIpc) is 2.48. The lowest BCUT2D eigenvalue weighted by Gasteiger charge is -2.24. The Morgan fingerprint density at radius 1 is 1.37 bits per heavy atom. The third kappa shape index (κ3) is 6.71. The Bertz CT molecular complexity index is 328. The Hall–Kier alpha value is -0.910. The highest BCUT2D eigenvalue weighted by molar-refractivity contribution is 7.99. The highest BCUT2D eigenvalue weighted by Crippen LogP contribution is 2.15. The highest BCUT2D eigenvalue weighted by Gasteiger charge is 2.20. The molecule has 3 amide bonds. The van der Waals surface area contributed by atoms with E-state index in [4.69, 9.17) is 0 Å². The van der Waals surface area contributed by atoms with Crippen molar-refractivity contribution in [3.8, 4) is 0 Å². The van der Waals surface area contributed by atoms with E-state index >= 15 is 0 Å². The zero-order chi connectivity index (χ0) is 14.5. The molecule has 0 aromatic heterocycles. The Kier molecular flexibility index (Phi) is 5.97. The minimum Gasteiger partial charge on any atom is -0.350 e. The molecule has 19 heavy (non-hydrogen) atoms.